The number of rotatable bonds is 1. The number of esters is 1. The topological polar surface area (TPSA) is 20.5 Å². The number of hydrogen-bond acceptors (Lipinski definition) is 1. The number of benzene rings is 1. The highest BCUT2D eigenvalue weighted by Crippen LogP contribution is 2.00. The molecule has 1 aromatic carbocycles. The molecular formula is C9H11O2+. The van der Waals surface area contributed by atoms with Crippen LogP contribution in [-0.2, 0) is 4.74 Å². The zero-order valence-electron chi connectivity index (χ0n) is 6.70. The summed E-state index contributed by atoms with van der Waals surface area (Å²) in [7, 11) is 3.18. The van der Waals surface area contributed by atoms with Gasteiger partial charge in [-0.3, -0.25) is 0 Å². The molecule has 0 bridgehead atoms. The zero-order chi connectivity index (χ0) is 8.10. The van der Waals surface area contributed by atoms with Gasteiger partial charge in [-0.15, -0.1) is 0 Å². The minimum absolute atomic E-state index is 0.547. The van der Waals surface area contributed by atoms with E-state index in [-0.39, 0.29) is 0 Å². The maximum atomic E-state index is 4.98. The first-order valence-corrected chi connectivity index (χ1v) is 3.39. The molecule has 0 amide bonds. The van der Waals surface area contributed by atoms with Crippen LogP contribution in [0.5, 0.6) is 0 Å². The molecular weight excluding hydrogens is 140 g/mol. The van der Waals surface area contributed by atoms with Crippen LogP contribution in [0.2, 0.25) is 0 Å². The fourth-order valence-electron chi connectivity index (χ4n) is 0.893. The summed E-state index contributed by atoms with van der Waals surface area (Å²) in [5.41, 5.74) is 0.956. The normalized spacial score (nSPS) is 11.3. The van der Waals surface area contributed by atoms with Crippen molar-refractivity contribution in [1.82, 2.24) is 0 Å². The maximum Gasteiger partial charge on any atom is 0.519 e. The van der Waals surface area contributed by atoms with E-state index in [0.717, 1.165) is 5.56 Å². The average molecular weight is 151 g/mol. The van der Waals surface area contributed by atoms with Crippen LogP contribution in [0, 0.1) is 0 Å². The number of hydrogen-bond donors (Lipinski definition) is 0. The van der Waals surface area contributed by atoms with E-state index in [9.17, 15) is 0 Å². The van der Waals surface area contributed by atoms with Crippen LogP contribution in [0.1, 0.15) is 9.99 Å². The molecule has 0 unspecified atom stereocenters. The van der Waals surface area contributed by atoms with Crippen molar-refractivity contribution in [2.75, 3.05) is 14.2 Å². The van der Waals surface area contributed by atoms with E-state index >= 15 is 0 Å². The molecule has 0 saturated heterocycles. The van der Waals surface area contributed by atoms with Gasteiger partial charge in [0.2, 0.25) is 0 Å². The van der Waals surface area contributed by atoms with Crippen LogP contribution in [0.4, 0.5) is 0 Å². The summed E-state index contributed by atoms with van der Waals surface area (Å²) in [5, 5.41) is 0. The fourth-order valence-corrected chi connectivity index (χ4v) is 0.893. The molecule has 1 aromatic rings. The van der Waals surface area contributed by atoms with Gasteiger partial charge in [0.25, 0.3) is 0 Å². The molecule has 0 aliphatic carbocycles. The second kappa shape index (κ2) is 3.76. The zero-order valence-corrected chi connectivity index (χ0v) is 6.70. The van der Waals surface area contributed by atoms with Crippen molar-refractivity contribution in [1.29, 1.82) is 0 Å². The number of ether oxygens (including phenoxy) is 1. The third kappa shape index (κ3) is 1.80. The van der Waals surface area contributed by atoms with E-state index in [0.29, 0.717) is 5.97 Å². The molecule has 0 spiro atoms. The molecule has 0 heterocycles. The quantitative estimate of drug-likeness (QED) is 0.441. The SMILES string of the molecule is COC(=[O+]C)c1ccccc1. The predicted molar refractivity (Wildman–Crippen MR) is 43.7 cm³/mol. The molecule has 0 fully saturated rings. The summed E-state index contributed by atoms with van der Waals surface area (Å²) in [4.78, 5) is 0. The van der Waals surface area contributed by atoms with Gasteiger partial charge in [0.05, 0.1) is 0 Å². The van der Waals surface area contributed by atoms with E-state index in [4.69, 9.17) is 9.16 Å². The van der Waals surface area contributed by atoms with Crippen LogP contribution in [0.3, 0.4) is 0 Å². The summed E-state index contributed by atoms with van der Waals surface area (Å²) >= 11 is 0. The van der Waals surface area contributed by atoms with Crippen LogP contribution in [0.25, 0.3) is 0 Å². The lowest BCUT2D eigenvalue weighted by Gasteiger charge is -1.90. The maximum absolute atomic E-state index is 4.98. The van der Waals surface area contributed by atoms with Crippen molar-refractivity contribution in [2.24, 2.45) is 0 Å². The molecule has 0 aromatic heterocycles. The van der Waals surface area contributed by atoms with Gasteiger partial charge in [0, 0.05) is 0 Å². The smallest absolute Gasteiger partial charge is 0.321 e. The summed E-state index contributed by atoms with van der Waals surface area (Å²) < 4.78 is 9.96. The van der Waals surface area contributed by atoms with Crippen molar-refractivity contribution >= 4 is 5.97 Å². The third-order valence-corrected chi connectivity index (χ3v) is 1.38. The molecule has 0 N–H and O–H groups in total. The molecule has 1 rings (SSSR count). The van der Waals surface area contributed by atoms with E-state index < -0.39 is 0 Å². The summed E-state index contributed by atoms with van der Waals surface area (Å²) in [5.74, 6) is 0.547. The largest absolute Gasteiger partial charge is 0.519 e. The highest BCUT2D eigenvalue weighted by molar-refractivity contribution is 5.89. The Bertz CT molecular complexity index is 239. The van der Waals surface area contributed by atoms with Gasteiger partial charge in [-0.05, 0) is 12.1 Å². The van der Waals surface area contributed by atoms with Crippen molar-refractivity contribution in [2.45, 2.75) is 0 Å². The second-order valence-electron chi connectivity index (χ2n) is 2.06. The first kappa shape index (κ1) is 7.79. The third-order valence-electron chi connectivity index (χ3n) is 1.38. The molecule has 0 aliphatic rings. The van der Waals surface area contributed by atoms with Crippen molar-refractivity contribution in [3.8, 4) is 0 Å². The van der Waals surface area contributed by atoms with Crippen LogP contribution in [0.15, 0.2) is 30.3 Å². The number of methoxy groups -OCH3 is 1. The number of carbonyl (C=O) groups excluding carboxylic acids is 1. The highest BCUT2D eigenvalue weighted by Gasteiger charge is 2.12. The van der Waals surface area contributed by atoms with Gasteiger partial charge in [0.1, 0.15) is 5.56 Å². The lowest BCUT2D eigenvalue weighted by Crippen LogP contribution is -2.02. The van der Waals surface area contributed by atoms with E-state index in [2.05, 4.69) is 0 Å². The Hall–Kier alpha value is -1.31. The monoisotopic (exact) mass is 151 g/mol. The Morgan fingerprint density at radius 2 is 1.91 bits per heavy atom. The highest BCUT2D eigenvalue weighted by atomic mass is 16.6. The van der Waals surface area contributed by atoms with E-state index in [1.807, 2.05) is 30.3 Å². The fraction of sp³-hybridized carbons (Fsp3) is 0.222. The molecule has 11 heavy (non-hydrogen) atoms. The Morgan fingerprint density at radius 1 is 1.27 bits per heavy atom. The molecule has 58 valence electrons. The Balaban J connectivity index is 2.92. The molecule has 0 saturated carbocycles. The Labute approximate surface area is 66.1 Å². The standard InChI is InChI=1S/C9H11O2/c1-10-9(11-2)8-6-4-3-5-7-8/h3-7H,1-2H3/q+1. The van der Waals surface area contributed by atoms with Gasteiger partial charge in [-0.25, -0.2) is 0 Å². The summed E-state index contributed by atoms with van der Waals surface area (Å²) in [6, 6.07) is 9.69. The minimum Gasteiger partial charge on any atom is -0.321 e. The Morgan fingerprint density at radius 3 is 2.36 bits per heavy atom. The molecule has 2 nitrogen and oxygen atoms in total. The Kier molecular flexibility index (Phi) is 2.66. The van der Waals surface area contributed by atoms with Crippen molar-refractivity contribution in [3.63, 3.8) is 0 Å². The molecule has 2 heteroatoms. The average Bonchev–Trinajstić information content (AvgIpc) is 2.09. The lowest BCUT2D eigenvalue weighted by atomic mass is 10.2. The molecule has 0 aliphatic heterocycles. The van der Waals surface area contributed by atoms with Crippen LogP contribution >= 0.6 is 0 Å². The summed E-state index contributed by atoms with van der Waals surface area (Å²) in [6.45, 7) is 0. The van der Waals surface area contributed by atoms with Crippen molar-refractivity contribution < 1.29 is 9.16 Å². The molecule has 0 radical (unpaired) electrons. The van der Waals surface area contributed by atoms with Gasteiger partial charge in [0.15, 0.2) is 14.2 Å². The van der Waals surface area contributed by atoms with E-state index in [1.54, 1.807) is 14.2 Å². The van der Waals surface area contributed by atoms with Crippen molar-refractivity contribution in [3.05, 3.63) is 35.9 Å². The van der Waals surface area contributed by atoms with Gasteiger partial charge in [-0.2, -0.15) is 0 Å². The van der Waals surface area contributed by atoms with Crippen LogP contribution < -0.4 is 0 Å². The van der Waals surface area contributed by atoms with Gasteiger partial charge in [-0.1, -0.05) is 18.2 Å². The lowest BCUT2D eigenvalue weighted by molar-refractivity contribution is -0.239. The second-order valence-corrected chi connectivity index (χ2v) is 2.06. The minimum atomic E-state index is 0.547. The van der Waals surface area contributed by atoms with Crippen LogP contribution in [-0.4, -0.2) is 20.2 Å². The summed E-state index contributed by atoms with van der Waals surface area (Å²) in [6.07, 6.45) is 0. The van der Waals surface area contributed by atoms with Gasteiger partial charge < -0.3 is 9.16 Å². The first-order valence-electron chi connectivity index (χ1n) is 3.39. The first-order chi connectivity index (χ1) is 5.38. The van der Waals surface area contributed by atoms with E-state index in [1.165, 1.54) is 0 Å². The molecule has 0 atom stereocenters. The van der Waals surface area contributed by atoms with Gasteiger partial charge >= 0.3 is 5.97 Å². The predicted octanol–water partition coefficient (Wildman–Crippen LogP) is 1.64.